The molecule has 19 heavy (non-hydrogen) atoms. The van der Waals surface area contributed by atoms with Gasteiger partial charge in [0.15, 0.2) is 0 Å². The normalized spacial score (nSPS) is 11.6. The maximum Gasteiger partial charge on any atom is 0.295 e. The summed E-state index contributed by atoms with van der Waals surface area (Å²) in [6.07, 6.45) is 1.62. The molecule has 0 unspecified atom stereocenters. The Balaban J connectivity index is 2.59. The molecule has 2 rings (SSSR count). The Labute approximate surface area is 110 Å². The number of para-hydroxylation sites is 1. The molecule has 0 bridgehead atoms. The second-order valence-corrected chi connectivity index (χ2v) is 4.97. The first-order chi connectivity index (χ1) is 8.80. The van der Waals surface area contributed by atoms with Crippen molar-refractivity contribution >= 4 is 5.69 Å². The lowest BCUT2D eigenvalue weighted by Crippen LogP contribution is -2.29. The van der Waals surface area contributed by atoms with Gasteiger partial charge < -0.3 is 5.73 Å². The molecule has 0 aliphatic carbocycles. The maximum absolute atomic E-state index is 11.1. The number of nitrogens with zero attached hydrogens (tertiary/aromatic N) is 4. The highest BCUT2D eigenvalue weighted by Crippen LogP contribution is 2.26. The monoisotopic (exact) mass is 261 g/mol. The Morgan fingerprint density at radius 3 is 2.63 bits per heavy atom. The minimum atomic E-state index is -0.643. The van der Waals surface area contributed by atoms with Crippen molar-refractivity contribution in [1.29, 1.82) is 0 Å². The lowest BCUT2D eigenvalue weighted by molar-refractivity contribution is -0.384. The van der Waals surface area contributed by atoms with Crippen molar-refractivity contribution in [3.8, 4) is 5.69 Å². The van der Waals surface area contributed by atoms with Gasteiger partial charge in [-0.1, -0.05) is 17.3 Å². The number of aryl methyl sites for hydroxylation is 1. The summed E-state index contributed by atoms with van der Waals surface area (Å²) < 4.78 is 1.40. The van der Waals surface area contributed by atoms with Crippen LogP contribution >= 0.6 is 0 Å². The lowest BCUT2D eigenvalue weighted by Gasteiger charge is -2.13. The summed E-state index contributed by atoms with van der Waals surface area (Å²) in [6.45, 7) is 5.39. The Hall–Kier alpha value is -2.28. The zero-order valence-electron chi connectivity index (χ0n) is 11.0. The van der Waals surface area contributed by atoms with E-state index in [2.05, 4.69) is 10.3 Å². The van der Waals surface area contributed by atoms with E-state index in [9.17, 15) is 10.1 Å². The number of nitrogens with two attached hydrogens (primary N) is 1. The van der Waals surface area contributed by atoms with Crippen LogP contribution in [0.15, 0.2) is 24.4 Å². The lowest BCUT2D eigenvalue weighted by atomic mass is 10.0. The zero-order valence-corrected chi connectivity index (χ0v) is 11.0. The van der Waals surface area contributed by atoms with E-state index in [0.29, 0.717) is 11.4 Å². The molecule has 0 spiro atoms. The van der Waals surface area contributed by atoms with E-state index >= 15 is 0 Å². The highest BCUT2D eigenvalue weighted by atomic mass is 16.6. The van der Waals surface area contributed by atoms with Crippen LogP contribution < -0.4 is 5.73 Å². The van der Waals surface area contributed by atoms with Gasteiger partial charge in [0.05, 0.1) is 16.7 Å². The summed E-state index contributed by atoms with van der Waals surface area (Å²) >= 11 is 0. The molecule has 7 nitrogen and oxygen atoms in total. The largest absolute Gasteiger partial charge is 0.320 e. The summed E-state index contributed by atoms with van der Waals surface area (Å²) in [6, 6.07) is 4.87. The van der Waals surface area contributed by atoms with Gasteiger partial charge in [-0.25, -0.2) is 4.68 Å². The number of nitro groups is 1. The number of hydrogen-bond donors (Lipinski definition) is 1. The first-order valence-electron chi connectivity index (χ1n) is 5.77. The van der Waals surface area contributed by atoms with E-state index in [-0.39, 0.29) is 5.69 Å². The first-order valence-corrected chi connectivity index (χ1v) is 5.77. The second-order valence-electron chi connectivity index (χ2n) is 4.97. The molecule has 0 saturated heterocycles. The van der Waals surface area contributed by atoms with E-state index in [1.54, 1.807) is 39.1 Å². The average molecular weight is 261 g/mol. The first kappa shape index (κ1) is 13.2. The van der Waals surface area contributed by atoms with E-state index in [0.717, 1.165) is 5.56 Å². The van der Waals surface area contributed by atoms with Crippen molar-refractivity contribution in [1.82, 2.24) is 15.0 Å². The quantitative estimate of drug-likeness (QED) is 0.669. The number of nitro benzene ring substituents is 1. The van der Waals surface area contributed by atoms with Crippen molar-refractivity contribution < 1.29 is 4.92 Å². The van der Waals surface area contributed by atoms with E-state index in [1.165, 1.54) is 10.7 Å². The molecule has 0 amide bonds. The smallest absolute Gasteiger partial charge is 0.295 e. The van der Waals surface area contributed by atoms with Crippen LogP contribution in [0.25, 0.3) is 5.69 Å². The summed E-state index contributed by atoms with van der Waals surface area (Å²) in [5.74, 6) is 0. The van der Waals surface area contributed by atoms with Crippen molar-refractivity contribution in [3.63, 3.8) is 0 Å². The predicted molar refractivity (Wildman–Crippen MR) is 70.0 cm³/mol. The fourth-order valence-electron chi connectivity index (χ4n) is 1.76. The highest BCUT2D eigenvalue weighted by molar-refractivity contribution is 5.56. The van der Waals surface area contributed by atoms with Crippen LogP contribution in [0.5, 0.6) is 0 Å². The van der Waals surface area contributed by atoms with E-state index in [4.69, 9.17) is 5.73 Å². The van der Waals surface area contributed by atoms with Crippen LogP contribution in [0.4, 0.5) is 5.69 Å². The molecule has 1 aromatic carbocycles. The standard InChI is InChI=1S/C12H15N5O2/c1-8-5-4-6-9(17(18)19)11(8)16-7-10(14-15-16)12(2,3)13/h4-7H,13H2,1-3H3. The summed E-state index contributed by atoms with van der Waals surface area (Å²) in [4.78, 5) is 10.6. The van der Waals surface area contributed by atoms with Gasteiger partial charge in [-0.05, 0) is 26.3 Å². The third-order valence-electron chi connectivity index (χ3n) is 2.80. The van der Waals surface area contributed by atoms with Gasteiger partial charge in [-0.2, -0.15) is 0 Å². The minimum Gasteiger partial charge on any atom is -0.320 e. The highest BCUT2D eigenvalue weighted by Gasteiger charge is 2.22. The van der Waals surface area contributed by atoms with Gasteiger partial charge in [0.25, 0.3) is 5.69 Å². The molecule has 0 saturated carbocycles. The Morgan fingerprint density at radius 1 is 1.42 bits per heavy atom. The third-order valence-corrected chi connectivity index (χ3v) is 2.80. The van der Waals surface area contributed by atoms with Crippen molar-refractivity contribution in [2.75, 3.05) is 0 Å². The third kappa shape index (κ3) is 2.45. The van der Waals surface area contributed by atoms with Crippen LogP contribution in [0.3, 0.4) is 0 Å². The zero-order chi connectivity index (χ0) is 14.2. The molecule has 100 valence electrons. The molecule has 1 heterocycles. The Bertz CT molecular complexity index is 627. The van der Waals surface area contributed by atoms with Crippen LogP contribution in [-0.4, -0.2) is 19.9 Å². The van der Waals surface area contributed by atoms with Crippen molar-refractivity contribution in [2.24, 2.45) is 5.73 Å². The molecule has 1 aromatic heterocycles. The Morgan fingerprint density at radius 2 is 2.11 bits per heavy atom. The van der Waals surface area contributed by atoms with Crippen LogP contribution in [0.2, 0.25) is 0 Å². The van der Waals surface area contributed by atoms with Gasteiger partial charge in [-0.3, -0.25) is 10.1 Å². The van der Waals surface area contributed by atoms with Gasteiger partial charge in [0.1, 0.15) is 11.4 Å². The number of aromatic nitrogens is 3. The molecule has 0 radical (unpaired) electrons. The molecule has 7 heteroatoms. The number of rotatable bonds is 3. The van der Waals surface area contributed by atoms with E-state index in [1.807, 2.05) is 0 Å². The van der Waals surface area contributed by atoms with Gasteiger partial charge in [-0.15, -0.1) is 5.10 Å². The minimum absolute atomic E-state index is 0.00808. The topological polar surface area (TPSA) is 99.9 Å². The fourth-order valence-corrected chi connectivity index (χ4v) is 1.76. The van der Waals surface area contributed by atoms with Crippen molar-refractivity contribution in [3.05, 3.63) is 45.8 Å². The average Bonchev–Trinajstić information content (AvgIpc) is 2.77. The summed E-state index contributed by atoms with van der Waals surface area (Å²) in [7, 11) is 0. The second kappa shape index (κ2) is 4.43. The van der Waals surface area contributed by atoms with Crippen LogP contribution in [-0.2, 0) is 5.54 Å². The van der Waals surface area contributed by atoms with Gasteiger partial charge in [0.2, 0.25) is 0 Å². The van der Waals surface area contributed by atoms with Gasteiger partial charge >= 0.3 is 0 Å². The molecular weight excluding hydrogens is 246 g/mol. The molecule has 2 aromatic rings. The van der Waals surface area contributed by atoms with Gasteiger partial charge in [0, 0.05) is 6.07 Å². The number of benzene rings is 1. The fraction of sp³-hybridized carbons (Fsp3) is 0.333. The molecule has 0 fully saturated rings. The van der Waals surface area contributed by atoms with E-state index < -0.39 is 10.5 Å². The molecule has 0 aliphatic heterocycles. The maximum atomic E-state index is 11.1. The van der Waals surface area contributed by atoms with Crippen LogP contribution in [0.1, 0.15) is 25.1 Å². The predicted octanol–water partition coefficient (Wildman–Crippen LogP) is 1.68. The molecular formula is C12H15N5O2. The Kier molecular flexibility index (Phi) is 3.07. The van der Waals surface area contributed by atoms with Crippen molar-refractivity contribution in [2.45, 2.75) is 26.3 Å². The molecule has 0 aliphatic rings. The SMILES string of the molecule is Cc1cccc([N+](=O)[O-])c1-n1cc(C(C)(C)N)nn1. The summed E-state index contributed by atoms with van der Waals surface area (Å²) in [5.41, 5.74) is 7.02. The molecule has 2 N–H and O–H groups in total. The molecule has 0 atom stereocenters. The number of hydrogen-bond acceptors (Lipinski definition) is 5. The summed E-state index contributed by atoms with van der Waals surface area (Å²) in [5, 5.41) is 19.0. The van der Waals surface area contributed by atoms with Crippen LogP contribution in [0, 0.1) is 17.0 Å².